The molecule has 3 atom stereocenters. The van der Waals surface area contributed by atoms with Gasteiger partial charge in [0.15, 0.2) is 6.10 Å². The van der Waals surface area contributed by atoms with Gasteiger partial charge in [-0.1, -0.05) is 0 Å². The lowest BCUT2D eigenvalue weighted by molar-refractivity contribution is -0.155. The van der Waals surface area contributed by atoms with Gasteiger partial charge in [-0.3, -0.25) is 4.79 Å². The van der Waals surface area contributed by atoms with E-state index < -0.39 is 24.2 Å². The van der Waals surface area contributed by atoms with E-state index in [1.807, 2.05) is 0 Å². The van der Waals surface area contributed by atoms with E-state index in [2.05, 4.69) is 5.32 Å². The highest BCUT2D eigenvalue weighted by atomic mass is 16.5. The van der Waals surface area contributed by atoms with Gasteiger partial charge in [0.05, 0.1) is 0 Å². The molecule has 2 rings (SSSR count). The predicted octanol–water partition coefficient (Wildman–Crippen LogP) is -0.474. The van der Waals surface area contributed by atoms with Gasteiger partial charge in [0.25, 0.3) is 5.91 Å². The lowest BCUT2D eigenvalue weighted by Crippen LogP contribution is -2.47. The van der Waals surface area contributed by atoms with Crippen molar-refractivity contribution in [2.45, 2.75) is 37.9 Å². The molecule has 2 saturated heterocycles. The predicted molar refractivity (Wildman–Crippen MR) is 72.4 cm³/mol. The van der Waals surface area contributed by atoms with Crippen LogP contribution in [0.1, 0.15) is 25.7 Å². The van der Waals surface area contributed by atoms with Crippen LogP contribution < -0.4 is 11.1 Å². The minimum atomic E-state index is -1.02. The summed E-state index contributed by atoms with van der Waals surface area (Å²) in [5.74, 6) is -0.998. The van der Waals surface area contributed by atoms with Crippen molar-refractivity contribution in [3.05, 3.63) is 0 Å². The fourth-order valence-corrected chi connectivity index (χ4v) is 2.88. The molecule has 0 aromatic heterocycles. The molecule has 3 amide bonds. The Hall–Kier alpha value is -1.83. The van der Waals surface area contributed by atoms with Crippen LogP contribution in [0.5, 0.6) is 0 Å². The number of carboxylic acids is 1. The third kappa shape index (κ3) is 4.07. The average molecular weight is 299 g/mol. The molecule has 3 unspecified atom stereocenters. The Balaban J connectivity index is 1.85. The summed E-state index contributed by atoms with van der Waals surface area (Å²) in [5.41, 5.74) is 5.04. The average Bonchev–Trinajstić information content (AvgIpc) is 2.94. The Morgan fingerprint density at radius 3 is 2.57 bits per heavy atom. The molecule has 118 valence electrons. The molecule has 8 heteroatoms. The van der Waals surface area contributed by atoms with Crippen LogP contribution in [0.4, 0.5) is 4.79 Å². The molecule has 0 aliphatic carbocycles. The molecule has 21 heavy (non-hydrogen) atoms. The minimum Gasteiger partial charge on any atom is -0.479 e. The maximum atomic E-state index is 12.3. The summed E-state index contributed by atoms with van der Waals surface area (Å²) >= 11 is 0. The number of urea groups is 1. The van der Waals surface area contributed by atoms with Gasteiger partial charge in [-0.15, -0.1) is 0 Å². The summed E-state index contributed by atoms with van der Waals surface area (Å²) in [7, 11) is 0. The number of aliphatic carboxylic acids is 1. The molecule has 0 aromatic carbocycles. The highest BCUT2D eigenvalue weighted by Gasteiger charge is 2.37. The summed E-state index contributed by atoms with van der Waals surface area (Å²) in [4.78, 5) is 35.6. The first kappa shape index (κ1) is 15.6. The highest BCUT2D eigenvalue weighted by Crippen LogP contribution is 2.24. The van der Waals surface area contributed by atoms with Crippen molar-refractivity contribution < 1.29 is 24.2 Å². The maximum absolute atomic E-state index is 12.3. The summed E-state index contributed by atoms with van der Waals surface area (Å²) < 4.78 is 5.29. The van der Waals surface area contributed by atoms with Crippen LogP contribution in [0.25, 0.3) is 0 Å². The number of hydrogen-bond acceptors (Lipinski definition) is 4. The zero-order valence-corrected chi connectivity index (χ0v) is 11.8. The van der Waals surface area contributed by atoms with Crippen molar-refractivity contribution in [3.63, 3.8) is 0 Å². The monoisotopic (exact) mass is 299 g/mol. The van der Waals surface area contributed by atoms with E-state index >= 15 is 0 Å². The van der Waals surface area contributed by atoms with Gasteiger partial charge in [0.1, 0.15) is 6.10 Å². The molecule has 0 bridgehead atoms. The lowest BCUT2D eigenvalue weighted by atomic mass is 9.97. The molecule has 2 aliphatic heterocycles. The van der Waals surface area contributed by atoms with Gasteiger partial charge in [-0.25, -0.2) is 9.59 Å². The SMILES string of the molecule is NC(=O)NCC1CCCN(C(=O)C2CCC(C(=O)O)O2)C1. The number of amides is 3. The van der Waals surface area contributed by atoms with Gasteiger partial charge in [0.2, 0.25) is 0 Å². The molecule has 0 spiro atoms. The maximum Gasteiger partial charge on any atom is 0.332 e. The second-order valence-corrected chi connectivity index (χ2v) is 5.57. The number of primary amides is 1. The van der Waals surface area contributed by atoms with Crippen molar-refractivity contribution >= 4 is 17.9 Å². The third-order valence-electron chi connectivity index (χ3n) is 3.97. The highest BCUT2D eigenvalue weighted by molar-refractivity contribution is 5.82. The molecule has 4 N–H and O–H groups in total. The molecule has 8 nitrogen and oxygen atoms in total. The fourth-order valence-electron chi connectivity index (χ4n) is 2.88. The number of nitrogens with one attached hydrogen (secondary N) is 1. The standard InChI is InChI=1S/C13H21N3O5/c14-13(20)15-6-8-2-1-5-16(7-8)11(17)9-3-4-10(21-9)12(18)19/h8-10H,1-7H2,(H,18,19)(H3,14,15,20). The second kappa shape index (κ2) is 6.75. The van der Waals surface area contributed by atoms with Crippen LogP contribution in [-0.4, -0.2) is 59.8 Å². The molecular weight excluding hydrogens is 278 g/mol. The number of carbonyl (C=O) groups is 3. The Labute approximate surface area is 122 Å². The van der Waals surface area contributed by atoms with Crippen molar-refractivity contribution in [2.24, 2.45) is 11.7 Å². The van der Waals surface area contributed by atoms with E-state index in [4.69, 9.17) is 15.6 Å². The van der Waals surface area contributed by atoms with Gasteiger partial charge >= 0.3 is 12.0 Å². The van der Waals surface area contributed by atoms with E-state index in [1.165, 1.54) is 0 Å². The number of carboxylic acid groups (broad SMARTS) is 1. The number of nitrogens with two attached hydrogens (primary N) is 1. The first-order chi connectivity index (χ1) is 9.97. The normalized spacial score (nSPS) is 29.1. The smallest absolute Gasteiger partial charge is 0.332 e. The van der Waals surface area contributed by atoms with Crippen LogP contribution in [0, 0.1) is 5.92 Å². The minimum absolute atomic E-state index is 0.150. The number of carbonyl (C=O) groups excluding carboxylic acids is 2. The van der Waals surface area contributed by atoms with Crippen molar-refractivity contribution in [1.82, 2.24) is 10.2 Å². The van der Waals surface area contributed by atoms with E-state index in [0.717, 1.165) is 12.8 Å². The largest absolute Gasteiger partial charge is 0.479 e. The second-order valence-electron chi connectivity index (χ2n) is 5.57. The Morgan fingerprint density at radius 2 is 1.95 bits per heavy atom. The van der Waals surface area contributed by atoms with Crippen LogP contribution in [0.2, 0.25) is 0 Å². The fraction of sp³-hybridized carbons (Fsp3) is 0.769. The number of likely N-dealkylation sites (tertiary alicyclic amines) is 1. The van der Waals surface area contributed by atoms with Crippen LogP contribution in [-0.2, 0) is 14.3 Å². The number of piperidine rings is 1. The lowest BCUT2D eigenvalue weighted by Gasteiger charge is -2.34. The topological polar surface area (TPSA) is 122 Å². The molecule has 2 aliphatic rings. The van der Waals surface area contributed by atoms with E-state index in [1.54, 1.807) is 4.90 Å². The zero-order valence-electron chi connectivity index (χ0n) is 11.8. The van der Waals surface area contributed by atoms with Crippen molar-refractivity contribution in [2.75, 3.05) is 19.6 Å². The van der Waals surface area contributed by atoms with Crippen LogP contribution in [0.15, 0.2) is 0 Å². The first-order valence-corrected chi connectivity index (χ1v) is 7.17. The number of ether oxygens (including phenoxy) is 1. The molecular formula is C13H21N3O5. The summed E-state index contributed by atoms with van der Waals surface area (Å²) in [6, 6.07) is -0.568. The van der Waals surface area contributed by atoms with Gasteiger partial charge in [-0.05, 0) is 31.6 Å². The third-order valence-corrected chi connectivity index (χ3v) is 3.97. The van der Waals surface area contributed by atoms with E-state index in [-0.39, 0.29) is 11.8 Å². The van der Waals surface area contributed by atoms with Crippen molar-refractivity contribution in [3.8, 4) is 0 Å². The van der Waals surface area contributed by atoms with E-state index in [9.17, 15) is 14.4 Å². The van der Waals surface area contributed by atoms with Crippen LogP contribution >= 0.6 is 0 Å². The molecule has 0 saturated carbocycles. The molecule has 0 aromatic rings. The Bertz CT molecular complexity index is 428. The number of nitrogens with zero attached hydrogens (tertiary/aromatic N) is 1. The molecule has 2 heterocycles. The van der Waals surface area contributed by atoms with Crippen molar-refractivity contribution in [1.29, 1.82) is 0 Å². The first-order valence-electron chi connectivity index (χ1n) is 7.17. The van der Waals surface area contributed by atoms with Crippen LogP contribution in [0.3, 0.4) is 0 Å². The van der Waals surface area contributed by atoms with Gasteiger partial charge in [0, 0.05) is 19.6 Å². The summed E-state index contributed by atoms with van der Waals surface area (Å²) in [6.45, 7) is 1.63. The molecule has 0 radical (unpaired) electrons. The zero-order chi connectivity index (χ0) is 15.4. The number of rotatable bonds is 4. The number of hydrogen-bond donors (Lipinski definition) is 3. The summed E-state index contributed by atoms with van der Waals surface area (Å²) in [6.07, 6.45) is 1.05. The van der Waals surface area contributed by atoms with Gasteiger partial charge < -0.3 is 25.8 Å². The van der Waals surface area contributed by atoms with E-state index in [0.29, 0.717) is 32.5 Å². The Kier molecular flexibility index (Phi) is 5.00. The summed E-state index contributed by atoms with van der Waals surface area (Å²) in [5, 5.41) is 11.4. The van der Waals surface area contributed by atoms with Gasteiger partial charge in [-0.2, -0.15) is 0 Å². The Morgan fingerprint density at radius 1 is 1.24 bits per heavy atom. The molecule has 2 fully saturated rings. The quantitative estimate of drug-likeness (QED) is 0.647.